The average molecular weight is 537 g/mol. The first kappa shape index (κ1) is 27.4. The largest absolute Gasteiger partial charge is 0.357 e. The molecule has 2 aliphatic rings. The minimum absolute atomic E-state index is 0. The molecule has 0 aromatic rings. The zero-order chi connectivity index (χ0) is 21.2. The first-order chi connectivity index (χ1) is 13.9. The van der Waals surface area contributed by atoms with E-state index in [1.54, 1.807) is 0 Å². The summed E-state index contributed by atoms with van der Waals surface area (Å²) in [7, 11) is 0. The van der Waals surface area contributed by atoms with E-state index in [2.05, 4.69) is 60.0 Å². The van der Waals surface area contributed by atoms with Gasteiger partial charge in [0.25, 0.3) is 0 Å². The standard InChI is InChI=1S/C22H44N6O.HI/c1-6-23-22(25-11-13-28(18(2)3)19(4)5)24-10-12-26-14-16-27(17-15-26)21(29)20-8-7-9-20;/h18-20H,6-17H2,1-5H3,(H2,23,24,25);1H. The molecule has 0 aromatic carbocycles. The Morgan fingerprint density at radius 3 is 2.20 bits per heavy atom. The van der Waals surface area contributed by atoms with E-state index in [-0.39, 0.29) is 24.0 Å². The maximum atomic E-state index is 12.4. The summed E-state index contributed by atoms with van der Waals surface area (Å²) >= 11 is 0. The topological polar surface area (TPSA) is 63.2 Å². The van der Waals surface area contributed by atoms with Gasteiger partial charge in [0.05, 0.1) is 6.54 Å². The molecule has 1 heterocycles. The van der Waals surface area contributed by atoms with E-state index in [4.69, 9.17) is 4.99 Å². The summed E-state index contributed by atoms with van der Waals surface area (Å²) in [5.74, 6) is 1.62. The van der Waals surface area contributed by atoms with E-state index in [0.717, 1.165) is 77.7 Å². The average Bonchev–Trinajstić information content (AvgIpc) is 2.63. The molecule has 2 fully saturated rings. The molecule has 8 heteroatoms. The Bertz CT molecular complexity index is 508. The highest BCUT2D eigenvalue weighted by Gasteiger charge is 2.30. The predicted octanol–water partition coefficient (Wildman–Crippen LogP) is 2.22. The van der Waals surface area contributed by atoms with Crippen molar-refractivity contribution in [2.45, 2.75) is 66.0 Å². The van der Waals surface area contributed by atoms with E-state index in [1.165, 1.54) is 6.42 Å². The maximum Gasteiger partial charge on any atom is 0.225 e. The lowest BCUT2D eigenvalue weighted by Gasteiger charge is -2.38. The number of aliphatic imine (C=N–C) groups is 1. The molecule has 1 amide bonds. The second-order valence-corrected chi connectivity index (χ2v) is 8.91. The van der Waals surface area contributed by atoms with Crippen LogP contribution < -0.4 is 10.6 Å². The number of amides is 1. The highest BCUT2D eigenvalue weighted by Crippen LogP contribution is 2.28. The van der Waals surface area contributed by atoms with Gasteiger partial charge in [0.1, 0.15) is 0 Å². The molecule has 0 radical (unpaired) electrons. The number of rotatable bonds is 10. The minimum Gasteiger partial charge on any atom is -0.357 e. The van der Waals surface area contributed by atoms with Crippen molar-refractivity contribution < 1.29 is 4.79 Å². The number of nitrogens with one attached hydrogen (secondary N) is 2. The van der Waals surface area contributed by atoms with Crippen molar-refractivity contribution in [3.05, 3.63) is 0 Å². The highest BCUT2D eigenvalue weighted by molar-refractivity contribution is 14.0. The van der Waals surface area contributed by atoms with Gasteiger partial charge < -0.3 is 15.5 Å². The summed E-state index contributed by atoms with van der Waals surface area (Å²) in [5, 5.41) is 6.82. The SMILES string of the molecule is CCNC(=NCCN1CCN(C(=O)C2CCC2)CC1)NCCN(C(C)C)C(C)C.I. The van der Waals surface area contributed by atoms with Crippen molar-refractivity contribution in [1.82, 2.24) is 25.3 Å². The molecule has 0 unspecified atom stereocenters. The molecule has 2 rings (SSSR count). The zero-order valence-corrected chi connectivity index (χ0v) is 22.2. The third-order valence-corrected chi connectivity index (χ3v) is 6.16. The predicted molar refractivity (Wildman–Crippen MR) is 137 cm³/mol. The van der Waals surface area contributed by atoms with Gasteiger partial charge in [-0.25, -0.2) is 0 Å². The van der Waals surface area contributed by atoms with Crippen LogP contribution in [0.25, 0.3) is 0 Å². The number of halogens is 1. The number of carbonyl (C=O) groups excluding carboxylic acids is 1. The molecule has 1 saturated heterocycles. The summed E-state index contributed by atoms with van der Waals surface area (Å²) in [6, 6.07) is 1.09. The number of guanidine groups is 1. The summed E-state index contributed by atoms with van der Waals surface area (Å²) in [6.07, 6.45) is 3.42. The summed E-state index contributed by atoms with van der Waals surface area (Å²) in [4.78, 5) is 24.1. The normalized spacial score (nSPS) is 18.5. The quantitative estimate of drug-likeness (QED) is 0.255. The molecule has 30 heavy (non-hydrogen) atoms. The van der Waals surface area contributed by atoms with Crippen molar-refractivity contribution in [1.29, 1.82) is 0 Å². The zero-order valence-electron chi connectivity index (χ0n) is 19.8. The lowest BCUT2D eigenvalue weighted by Crippen LogP contribution is -2.51. The molecule has 7 nitrogen and oxygen atoms in total. The number of carbonyl (C=O) groups is 1. The Balaban J connectivity index is 0.00000450. The van der Waals surface area contributed by atoms with Gasteiger partial charge in [-0.1, -0.05) is 6.42 Å². The van der Waals surface area contributed by atoms with E-state index < -0.39 is 0 Å². The van der Waals surface area contributed by atoms with Crippen LogP contribution in [0, 0.1) is 5.92 Å². The summed E-state index contributed by atoms with van der Waals surface area (Å²) in [5.41, 5.74) is 0. The monoisotopic (exact) mass is 536 g/mol. The van der Waals surface area contributed by atoms with Gasteiger partial charge in [-0.3, -0.25) is 19.6 Å². The molecule has 0 aromatic heterocycles. The fraction of sp³-hybridized carbons (Fsp3) is 0.909. The lowest BCUT2D eigenvalue weighted by molar-refractivity contribution is -0.139. The van der Waals surface area contributed by atoms with Crippen LogP contribution in [-0.4, -0.2) is 97.6 Å². The lowest BCUT2D eigenvalue weighted by atomic mass is 9.84. The first-order valence-electron chi connectivity index (χ1n) is 11.7. The molecule has 0 atom stereocenters. The van der Waals surface area contributed by atoms with E-state index >= 15 is 0 Å². The van der Waals surface area contributed by atoms with E-state index in [9.17, 15) is 4.79 Å². The Hall–Kier alpha value is -0.610. The number of hydrogen-bond donors (Lipinski definition) is 2. The van der Waals surface area contributed by atoms with Gasteiger partial charge in [0, 0.05) is 70.4 Å². The maximum absolute atomic E-state index is 12.4. The van der Waals surface area contributed by atoms with Crippen LogP contribution in [0.3, 0.4) is 0 Å². The van der Waals surface area contributed by atoms with Crippen molar-refractivity contribution in [3.8, 4) is 0 Å². The molecule has 1 saturated carbocycles. The molecular formula is C22H45IN6O. The van der Waals surface area contributed by atoms with Crippen molar-refractivity contribution >= 4 is 35.8 Å². The van der Waals surface area contributed by atoms with Crippen LogP contribution in [-0.2, 0) is 4.79 Å². The van der Waals surface area contributed by atoms with Gasteiger partial charge in [-0.15, -0.1) is 24.0 Å². The molecule has 0 bridgehead atoms. The summed E-state index contributed by atoms with van der Waals surface area (Å²) in [6.45, 7) is 19.3. The number of hydrogen-bond acceptors (Lipinski definition) is 4. The third-order valence-electron chi connectivity index (χ3n) is 6.16. The fourth-order valence-electron chi connectivity index (χ4n) is 4.17. The van der Waals surface area contributed by atoms with Crippen LogP contribution in [0.2, 0.25) is 0 Å². The second kappa shape index (κ2) is 14.5. The molecule has 1 aliphatic carbocycles. The Labute approximate surface area is 201 Å². The van der Waals surface area contributed by atoms with Crippen molar-refractivity contribution in [3.63, 3.8) is 0 Å². The molecule has 1 aliphatic heterocycles. The second-order valence-electron chi connectivity index (χ2n) is 8.91. The molecule has 2 N–H and O–H groups in total. The van der Waals surface area contributed by atoms with Gasteiger partial charge in [-0.2, -0.15) is 0 Å². The first-order valence-corrected chi connectivity index (χ1v) is 11.7. The van der Waals surface area contributed by atoms with Gasteiger partial charge in [-0.05, 0) is 47.5 Å². The Morgan fingerprint density at radius 2 is 1.70 bits per heavy atom. The van der Waals surface area contributed by atoms with Gasteiger partial charge in [0.2, 0.25) is 5.91 Å². The molecule has 0 spiro atoms. The number of piperazine rings is 1. The minimum atomic E-state index is 0. The van der Waals surface area contributed by atoms with Crippen LogP contribution in [0.5, 0.6) is 0 Å². The van der Waals surface area contributed by atoms with Gasteiger partial charge in [0.15, 0.2) is 5.96 Å². The van der Waals surface area contributed by atoms with Gasteiger partial charge >= 0.3 is 0 Å². The van der Waals surface area contributed by atoms with E-state index in [1.807, 2.05) is 0 Å². The van der Waals surface area contributed by atoms with Crippen LogP contribution in [0.4, 0.5) is 0 Å². The van der Waals surface area contributed by atoms with Crippen LogP contribution >= 0.6 is 24.0 Å². The smallest absolute Gasteiger partial charge is 0.225 e. The van der Waals surface area contributed by atoms with Crippen LogP contribution in [0.1, 0.15) is 53.9 Å². The van der Waals surface area contributed by atoms with E-state index in [0.29, 0.717) is 23.9 Å². The Morgan fingerprint density at radius 1 is 1.07 bits per heavy atom. The van der Waals surface area contributed by atoms with Crippen molar-refractivity contribution in [2.24, 2.45) is 10.9 Å². The van der Waals surface area contributed by atoms with Crippen LogP contribution in [0.15, 0.2) is 4.99 Å². The fourth-order valence-corrected chi connectivity index (χ4v) is 4.17. The third kappa shape index (κ3) is 8.86. The molecular weight excluding hydrogens is 491 g/mol. The number of nitrogens with zero attached hydrogens (tertiary/aromatic N) is 4. The molecule has 176 valence electrons. The summed E-state index contributed by atoms with van der Waals surface area (Å²) < 4.78 is 0. The Kier molecular flexibility index (Phi) is 13.2. The highest BCUT2D eigenvalue weighted by atomic mass is 127. The van der Waals surface area contributed by atoms with Crippen molar-refractivity contribution in [2.75, 3.05) is 58.9 Å².